The Labute approximate surface area is 163 Å². The summed E-state index contributed by atoms with van der Waals surface area (Å²) in [6, 6.07) is 0. The quantitative estimate of drug-likeness (QED) is 0.498. The lowest BCUT2D eigenvalue weighted by Gasteiger charge is -2.46. The number of rotatable bonds is 6. The molecule has 11 atom stereocenters. The van der Waals surface area contributed by atoms with E-state index in [1.54, 1.807) is 0 Å². The summed E-state index contributed by atoms with van der Waals surface area (Å²) < 4.78 is 25.0. The van der Waals surface area contributed by atoms with E-state index >= 15 is 0 Å². The van der Waals surface area contributed by atoms with Gasteiger partial charge in [-0.3, -0.25) is 0 Å². The zero-order chi connectivity index (χ0) is 19.6. The average Bonchev–Trinajstić information content (AvgIpc) is 2.60. The fourth-order valence-electron chi connectivity index (χ4n) is 4.50. The van der Waals surface area contributed by atoms with Crippen LogP contribution in [0.1, 0.15) is 54.9 Å². The van der Waals surface area contributed by atoms with Crippen LogP contribution in [0.25, 0.3) is 0 Å². The van der Waals surface area contributed by atoms with Crippen LogP contribution in [0.4, 0.5) is 0 Å². The molecule has 0 aromatic rings. The highest BCUT2D eigenvalue weighted by atomic mass is 31.0. The molecular weight excluding hydrogens is 346 g/mol. The second-order valence-corrected chi connectivity index (χ2v) is 9.70. The highest BCUT2D eigenvalue weighted by Crippen LogP contribution is 2.38. The maximum atomic E-state index is 6.28. The third-order valence-electron chi connectivity index (χ3n) is 6.93. The monoisotopic (exact) mass is 386 g/mol. The van der Waals surface area contributed by atoms with Gasteiger partial charge in [-0.05, 0) is 25.2 Å². The molecule has 2 aliphatic heterocycles. The van der Waals surface area contributed by atoms with E-state index in [1.807, 2.05) is 0 Å². The standard InChI is InChI=1S/C20H40BO4P/c1-9-17-12(3)11(2)13(4)20(24-17)22-10-18-15(6)19(25-21(8)26)14(5)16(7)23-18/h11-20H,9-10,26H2,1-8H3. The summed E-state index contributed by atoms with van der Waals surface area (Å²) >= 11 is 0. The van der Waals surface area contributed by atoms with E-state index in [2.05, 4.69) is 64.4 Å². The first kappa shape index (κ1) is 22.6. The Bertz CT molecular complexity index is 436. The molecule has 11 unspecified atom stereocenters. The normalized spacial score (nSPS) is 47.0. The van der Waals surface area contributed by atoms with E-state index in [0.717, 1.165) is 6.42 Å². The molecule has 0 spiro atoms. The van der Waals surface area contributed by atoms with Crippen molar-refractivity contribution in [2.24, 2.45) is 29.6 Å². The predicted octanol–water partition coefficient (Wildman–Crippen LogP) is 4.48. The van der Waals surface area contributed by atoms with Gasteiger partial charge in [0.2, 0.25) is 0 Å². The SMILES string of the molecule is CCC1OC(OCC2OC(C)C(C)C(OB(C)P)C2C)C(C)C(C)C1C. The third-order valence-corrected chi connectivity index (χ3v) is 7.09. The summed E-state index contributed by atoms with van der Waals surface area (Å²) in [5.74, 6) is 2.22. The molecule has 0 bridgehead atoms. The van der Waals surface area contributed by atoms with Crippen LogP contribution in [0.15, 0.2) is 0 Å². The number of hydrogen-bond acceptors (Lipinski definition) is 4. The van der Waals surface area contributed by atoms with Gasteiger partial charge in [0.25, 0.3) is 0 Å². The largest absolute Gasteiger partial charge is 0.428 e. The van der Waals surface area contributed by atoms with Gasteiger partial charge in [0.1, 0.15) is 0 Å². The minimum Gasteiger partial charge on any atom is -0.428 e. The molecule has 0 aliphatic carbocycles. The van der Waals surface area contributed by atoms with Gasteiger partial charge in [-0.1, -0.05) is 48.4 Å². The predicted molar refractivity (Wildman–Crippen MR) is 111 cm³/mol. The van der Waals surface area contributed by atoms with Crippen molar-refractivity contribution in [2.45, 2.75) is 92.4 Å². The first-order chi connectivity index (χ1) is 12.2. The third kappa shape index (κ3) is 5.03. The summed E-state index contributed by atoms with van der Waals surface area (Å²) in [7, 11) is 2.74. The maximum absolute atomic E-state index is 6.28. The first-order valence-electron chi connectivity index (χ1n) is 10.5. The van der Waals surface area contributed by atoms with Crippen LogP contribution in [-0.2, 0) is 18.9 Å². The first-order valence-corrected chi connectivity index (χ1v) is 11.2. The smallest absolute Gasteiger partial charge is 0.312 e. The number of hydrogen-bond donors (Lipinski definition) is 0. The van der Waals surface area contributed by atoms with E-state index < -0.39 is 0 Å². The zero-order valence-corrected chi connectivity index (χ0v) is 19.1. The van der Waals surface area contributed by atoms with Crippen LogP contribution in [0.2, 0.25) is 6.82 Å². The van der Waals surface area contributed by atoms with Gasteiger partial charge in [0.15, 0.2) is 6.29 Å². The molecule has 152 valence electrons. The van der Waals surface area contributed by atoms with E-state index in [0.29, 0.717) is 36.2 Å². The second kappa shape index (κ2) is 9.70. The molecule has 0 aromatic heterocycles. The zero-order valence-electron chi connectivity index (χ0n) is 18.0. The van der Waals surface area contributed by atoms with Gasteiger partial charge in [-0.15, -0.1) is 9.12 Å². The molecule has 0 aromatic carbocycles. The van der Waals surface area contributed by atoms with Crippen molar-refractivity contribution in [3.05, 3.63) is 0 Å². The molecule has 26 heavy (non-hydrogen) atoms. The minimum absolute atomic E-state index is 0.0421. The average molecular weight is 386 g/mol. The van der Waals surface area contributed by atoms with E-state index in [-0.39, 0.29) is 37.3 Å². The van der Waals surface area contributed by atoms with E-state index in [1.165, 1.54) is 0 Å². The van der Waals surface area contributed by atoms with Gasteiger partial charge in [0.05, 0.1) is 31.0 Å². The lowest BCUT2D eigenvalue weighted by molar-refractivity contribution is -0.267. The summed E-state index contributed by atoms with van der Waals surface area (Å²) in [6.07, 6.45) is 1.57. The summed E-state index contributed by atoms with van der Waals surface area (Å²) in [5.41, 5.74) is 0. The highest BCUT2D eigenvalue weighted by molar-refractivity contribution is 7.60. The summed E-state index contributed by atoms with van der Waals surface area (Å²) in [4.78, 5) is 0. The molecule has 2 heterocycles. The van der Waals surface area contributed by atoms with E-state index in [9.17, 15) is 0 Å². The van der Waals surface area contributed by atoms with Crippen LogP contribution in [0.5, 0.6) is 0 Å². The Hall–Kier alpha value is 0.335. The molecule has 2 fully saturated rings. The van der Waals surface area contributed by atoms with Crippen LogP contribution in [-0.4, -0.2) is 43.9 Å². The van der Waals surface area contributed by atoms with Crippen LogP contribution in [0.3, 0.4) is 0 Å². The minimum atomic E-state index is -0.142. The molecule has 0 radical (unpaired) electrons. The molecule has 4 nitrogen and oxygen atoms in total. The fraction of sp³-hybridized carbons (Fsp3) is 1.00. The van der Waals surface area contributed by atoms with Crippen molar-refractivity contribution in [3.63, 3.8) is 0 Å². The van der Waals surface area contributed by atoms with Crippen molar-refractivity contribution in [3.8, 4) is 0 Å². The number of ether oxygens (including phenoxy) is 3. The van der Waals surface area contributed by atoms with Crippen molar-refractivity contribution in [2.75, 3.05) is 6.61 Å². The second-order valence-electron chi connectivity index (χ2n) is 8.77. The Balaban J connectivity index is 1.98. The molecular formula is C20H40BO4P. The van der Waals surface area contributed by atoms with Crippen molar-refractivity contribution < 1.29 is 18.9 Å². The van der Waals surface area contributed by atoms with Gasteiger partial charge in [-0.25, -0.2) is 0 Å². The fourth-order valence-corrected chi connectivity index (χ4v) is 4.68. The summed E-state index contributed by atoms with van der Waals surface area (Å²) in [6.45, 7) is 18.4. The van der Waals surface area contributed by atoms with Crippen LogP contribution < -0.4 is 0 Å². The highest BCUT2D eigenvalue weighted by Gasteiger charge is 2.43. The molecule has 2 rings (SSSR count). The lowest BCUT2D eigenvalue weighted by Crippen LogP contribution is -2.52. The Morgan fingerprint density at radius 3 is 2.08 bits per heavy atom. The van der Waals surface area contributed by atoms with Gasteiger partial charge >= 0.3 is 6.64 Å². The van der Waals surface area contributed by atoms with Crippen molar-refractivity contribution in [1.29, 1.82) is 0 Å². The van der Waals surface area contributed by atoms with Crippen LogP contribution in [0, 0.1) is 29.6 Å². The molecule has 0 amide bonds. The Morgan fingerprint density at radius 1 is 0.846 bits per heavy atom. The summed E-state index contributed by atoms with van der Waals surface area (Å²) in [5, 5.41) is 0. The molecule has 2 saturated heterocycles. The maximum Gasteiger partial charge on any atom is 0.312 e. The molecule has 2 aliphatic rings. The lowest BCUT2D eigenvalue weighted by atomic mass is 9.78. The molecule has 0 N–H and O–H groups in total. The van der Waals surface area contributed by atoms with Crippen LogP contribution >= 0.6 is 9.12 Å². The molecule has 0 saturated carbocycles. The Kier molecular flexibility index (Phi) is 8.44. The topological polar surface area (TPSA) is 36.9 Å². The van der Waals surface area contributed by atoms with Crippen molar-refractivity contribution in [1.82, 2.24) is 0 Å². The van der Waals surface area contributed by atoms with Gasteiger partial charge < -0.3 is 18.9 Å². The molecule has 6 heteroatoms. The van der Waals surface area contributed by atoms with E-state index in [4.69, 9.17) is 18.9 Å². The van der Waals surface area contributed by atoms with Gasteiger partial charge in [0, 0.05) is 17.8 Å². The Morgan fingerprint density at radius 2 is 1.50 bits per heavy atom. The van der Waals surface area contributed by atoms with Gasteiger partial charge in [-0.2, -0.15) is 0 Å². The van der Waals surface area contributed by atoms with Crippen molar-refractivity contribution >= 4 is 15.8 Å².